The van der Waals surface area contributed by atoms with Gasteiger partial charge in [-0.25, -0.2) is 4.98 Å². The molecular weight excluding hydrogens is 324 g/mol. The minimum absolute atomic E-state index is 0.0798. The third-order valence-corrected chi connectivity index (χ3v) is 3.52. The Morgan fingerprint density at radius 2 is 1.92 bits per heavy atom. The summed E-state index contributed by atoms with van der Waals surface area (Å²) < 4.78 is 11.4. The summed E-state index contributed by atoms with van der Waals surface area (Å²) in [6, 6.07) is 3.62. The largest absolute Gasteiger partial charge is 0.494 e. The first-order valence-electron chi connectivity index (χ1n) is 7.50. The van der Waals surface area contributed by atoms with Crippen molar-refractivity contribution in [1.29, 1.82) is 0 Å². The number of aromatic nitrogens is 6. The molecule has 0 spiro atoms. The van der Waals surface area contributed by atoms with E-state index < -0.39 is 0 Å². The molecule has 2 aromatic heterocycles. The third-order valence-electron chi connectivity index (χ3n) is 3.52. The molecule has 0 aliphatic carbocycles. The lowest BCUT2D eigenvalue weighted by atomic mass is 10.0. The number of nitrogens with two attached hydrogens (primary N) is 2. The topological polar surface area (TPSA) is 140 Å². The molecule has 0 aliphatic heterocycles. The summed E-state index contributed by atoms with van der Waals surface area (Å²) in [5.74, 6) is 1.85. The standard InChI is InChI=1S/C15H18N8O2/c1-8(2)9-4-12(24-3)10(23-20-7-19-22-23)5-11(9)25-13-6-18-15(17)21-14(13)16/h4-8H,1-3H3,(H4,16,17,18,21). The summed E-state index contributed by atoms with van der Waals surface area (Å²) in [6.45, 7) is 4.08. The predicted molar refractivity (Wildman–Crippen MR) is 90.7 cm³/mol. The lowest BCUT2D eigenvalue weighted by Crippen LogP contribution is -2.06. The van der Waals surface area contributed by atoms with Crippen molar-refractivity contribution in [2.75, 3.05) is 18.6 Å². The Labute approximate surface area is 143 Å². The Kier molecular flexibility index (Phi) is 4.33. The highest BCUT2D eigenvalue weighted by atomic mass is 16.5. The van der Waals surface area contributed by atoms with Gasteiger partial charge < -0.3 is 20.9 Å². The van der Waals surface area contributed by atoms with Crippen LogP contribution in [0.2, 0.25) is 0 Å². The second-order valence-electron chi connectivity index (χ2n) is 5.52. The molecule has 0 radical (unpaired) electrons. The van der Waals surface area contributed by atoms with Gasteiger partial charge in [-0.05, 0) is 17.2 Å². The van der Waals surface area contributed by atoms with Crippen LogP contribution in [-0.2, 0) is 0 Å². The molecule has 0 unspecified atom stereocenters. The smallest absolute Gasteiger partial charge is 0.222 e. The second kappa shape index (κ2) is 6.59. The van der Waals surface area contributed by atoms with Crippen LogP contribution in [0.5, 0.6) is 17.2 Å². The molecule has 1 aromatic carbocycles. The summed E-state index contributed by atoms with van der Waals surface area (Å²) >= 11 is 0. The maximum atomic E-state index is 5.94. The van der Waals surface area contributed by atoms with Crippen LogP contribution in [0.1, 0.15) is 25.3 Å². The zero-order valence-corrected chi connectivity index (χ0v) is 14.0. The number of tetrazole rings is 1. The average molecular weight is 342 g/mol. The van der Waals surface area contributed by atoms with Gasteiger partial charge in [0.2, 0.25) is 5.95 Å². The molecule has 2 heterocycles. The molecule has 0 atom stereocenters. The highest BCUT2D eigenvalue weighted by molar-refractivity contribution is 5.57. The number of hydrogen-bond donors (Lipinski definition) is 2. The summed E-state index contributed by atoms with van der Waals surface area (Å²) in [5.41, 5.74) is 12.9. The number of nitrogen functional groups attached to an aromatic ring is 2. The number of hydrogen-bond acceptors (Lipinski definition) is 9. The van der Waals surface area contributed by atoms with Gasteiger partial charge in [0.1, 0.15) is 17.2 Å². The molecule has 3 rings (SSSR count). The van der Waals surface area contributed by atoms with E-state index in [9.17, 15) is 0 Å². The van der Waals surface area contributed by atoms with Gasteiger partial charge in [-0.1, -0.05) is 13.8 Å². The van der Waals surface area contributed by atoms with Crippen LogP contribution in [0.25, 0.3) is 5.69 Å². The number of methoxy groups -OCH3 is 1. The van der Waals surface area contributed by atoms with Crippen LogP contribution in [0.4, 0.5) is 11.8 Å². The first-order chi connectivity index (χ1) is 12.0. The Bertz CT molecular complexity index is 879. The highest BCUT2D eigenvalue weighted by Gasteiger charge is 2.18. The number of benzene rings is 1. The van der Waals surface area contributed by atoms with Crippen molar-refractivity contribution in [3.8, 4) is 22.9 Å². The molecule has 25 heavy (non-hydrogen) atoms. The Morgan fingerprint density at radius 1 is 1.12 bits per heavy atom. The fraction of sp³-hybridized carbons (Fsp3) is 0.267. The van der Waals surface area contributed by atoms with Crippen LogP contribution in [0, 0.1) is 0 Å². The summed E-state index contributed by atoms with van der Waals surface area (Å²) in [6.07, 6.45) is 2.77. The van der Waals surface area contributed by atoms with Crippen molar-refractivity contribution in [2.24, 2.45) is 0 Å². The van der Waals surface area contributed by atoms with Gasteiger partial charge in [0.15, 0.2) is 17.9 Å². The predicted octanol–water partition coefficient (Wildman–Crippen LogP) is 1.54. The molecule has 4 N–H and O–H groups in total. The maximum Gasteiger partial charge on any atom is 0.222 e. The SMILES string of the molecule is COc1cc(C(C)C)c(Oc2cnc(N)nc2N)cc1-n1ncnn1. The minimum atomic E-state index is 0.0798. The van der Waals surface area contributed by atoms with Crippen molar-refractivity contribution in [1.82, 2.24) is 30.2 Å². The normalized spacial score (nSPS) is 10.9. The molecule has 0 amide bonds. The Morgan fingerprint density at radius 3 is 2.52 bits per heavy atom. The van der Waals surface area contributed by atoms with Gasteiger partial charge in [-0.3, -0.25) is 0 Å². The molecule has 0 saturated carbocycles. The summed E-state index contributed by atoms with van der Waals surface area (Å²) in [5, 5.41) is 11.7. The number of rotatable bonds is 5. The molecule has 0 bridgehead atoms. The molecule has 0 aliphatic rings. The number of anilines is 2. The Hall–Kier alpha value is -3.43. The van der Waals surface area contributed by atoms with E-state index in [-0.39, 0.29) is 17.7 Å². The van der Waals surface area contributed by atoms with E-state index in [1.807, 2.05) is 19.9 Å². The zero-order valence-electron chi connectivity index (χ0n) is 14.0. The fourth-order valence-electron chi connectivity index (χ4n) is 2.30. The molecular formula is C15H18N8O2. The first kappa shape index (κ1) is 16.4. The van der Waals surface area contributed by atoms with Crippen LogP contribution >= 0.6 is 0 Å². The Balaban J connectivity index is 2.11. The lowest BCUT2D eigenvalue weighted by molar-refractivity contribution is 0.405. The van der Waals surface area contributed by atoms with Crippen molar-refractivity contribution in [3.05, 3.63) is 30.2 Å². The molecule has 0 fully saturated rings. The number of nitrogens with zero attached hydrogens (tertiary/aromatic N) is 6. The monoisotopic (exact) mass is 342 g/mol. The van der Waals surface area contributed by atoms with E-state index in [4.69, 9.17) is 20.9 Å². The van der Waals surface area contributed by atoms with Gasteiger partial charge in [0, 0.05) is 11.6 Å². The van der Waals surface area contributed by atoms with Crippen molar-refractivity contribution >= 4 is 11.8 Å². The summed E-state index contributed by atoms with van der Waals surface area (Å²) in [7, 11) is 1.58. The quantitative estimate of drug-likeness (QED) is 0.706. The van der Waals surface area contributed by atoms with Crippen LogP contribution in [-0.4, -0.2) is 37.3 Å². The fourth-order valence-corrected chi connectivity index (χ4v) is 2.30. The third kappa shape index (κ3) is 3.27. The van der Waals surface area contributed by atoms with Crippen molar-refractivity contribution < 1.29 is 9.47 Å². The minimum Gasteiger partial charge on any atom is -0.494 e. The summed E-state index contributed by atoms with van der Waals surface area (Å²) in [4.78, 5) is 9.16. The molecule has 0 saturated heterocycles. The van der Waals surface area contributed by atoms with Crippen LogP contribution in [0.3, 0.4) is 0 Å². The lowest BCUT2D eigenvalue weighted by Gasteiger charge is -2.18. The van der Waals surface area contributed by atoms with Crippen molar-refractivity contribution in [3.63, 3.8) is 0 Å². The van der Waals surface area contributed by atoms with E-state index in [1.165, 1.54) is 17.3 Å². The van der Waals surface area contributed by atoms with Crippen LogP contribution in [0.15, 0.2) is 24.7 Å². The van der Waals surface area contributed by atoms with Gasteiger partial charge in [0.05, 0.1) is 13.3 Å². The second-order valence-corrected chi connectivity index (χ2v) is 5.52. The highest BCUT2D eigenvalue weighted by Crippen LogP contribution is 2.38. The zero-order chi connectivity index (χ0) is 18.0. The van der Waals surface area contributed by atoms with Gasteiger partial charge in [-0.2, -0.15) is 4.98 Å². The van der Waals surface area contributed by atoms with E-state index in [0.717, 1.165) is 5.56 Å². The van der Waals surface area contributed by atoms with E-state index in [1.54, 1.807) is 13.2 Å². The molecule has 10 heteroatoms. The van der Waals surface area contributed by atoms with E-state index in [2.05, 4.69) is 25.4 Å². The number of ether oxygens (including phenoxy) is 2. The molecule has 130 valence electrons. The van der Waals surface area contributed by atoms with Crippen molar-refractivity contribution in [2.45, 2.75) is 19.8 Å². The first-order valence-corrected chi connectivity index (χ1v) is 7.50. The van der Waals surface area contributed by atoms with Gasteiger partial charge in [0.25, 0.3) is 0 Å². The van der Waals surface area contributed by atoms with E-state index in [0.29, 0.717) is 22.9 Å². The van der Waals surface area contributed by atoms with Gasteiger partial charge in [-0.15, -0.1) is 15.0 Å². The molecule has 10 nitrogen and oxygen atoms in total. The maximum absolute atomic E-state index is 5.94. The van der Waals surface area contributed by atoms with Gasteiger partial charge >= 0.3 is 0 Å². The average Bonchev–Trinajstić information content (AvgIpc) is 3.11. The van der Waals surface area contributed by atoms with E-state index >= 15 is 0 Å². The van der Waals surface area contributed by atoms with Crippen LogP contribution < -0.4 is 20.9 Å². The molecule has 3 aromatic rings.